The van der Waals surface area contributed by atoms with Crippen molar-refractivity contribution >= 4 is 11.3 Å². The molecule has 1 aliphatic rings. The fourth-order valence-corrected chi connectivity index (χ4v) is 2.93. The van der Waals surface area contributed by atoms with Gasteiger partial charge in [-0.3, -0.25) is 4.90 Å². The third-order valence-electron chi connectivity index (χ3n) is 3.04. The predicted molar refractivity (Wildman–Crippen MR) is 76.7 cm³/mol. The maximum Gasteiger partial charge on any atom is 0.0558 e. The molecule has 0 aliphatic heterocycles. The zero-order chi connectivity index (χ0) is 12.8. The van der Waals surface area contributed by atoms with E-state index < -0.39 is 0 Å². The van der Waals surface area contributed by atoms with E-state index in [4.69, 9.17) is 5.11 Å². The molecule has 1 aliphatic carbocycles. The van der Waals surface area contributed by atoms with E-state index in [1.54, 1.807) is 0 Å². The minimum Gasteiger partial charge on any atom is -0.395 e. The molecule has 0 radical (unpaired) electrons. The largest absolute Gasteiger partial charge is 0.395 e. The fourth-order valence-electron chi connectivity index (χ4n) is 1.91. The number of aliphatic hydroxyl groups is 1. The van der Waals surface area contributed by atoms with Crippen LogP contribution in [0.4, 0.5) is 0 Å². The Morgan fingerprint density at radius 1 is 1.44 bits per heavy atom. The first-order chi connectivity index (χ1) is 8.81. The van der Waals surface area contributed by atoms with Gasteiger partial charge in [-0.15, -0.1) is 17.9 Å². The van der Waals surface area contributed by atoms with Gasteiger partial charge in [0, 0.05) is 42.0 Å². The summed E-state index contributed by atoms with van der Waals surface area (Å²) in [5.41, 5.74) is 0. The van der Waals surface area contributed by atoms with Crippen molar-refractivity contribution in [2.45, 2.75) is 32.0 Å². The van der Waals surface area contributed by atoms with E-state index in [-0.39, 0.29) is 6.61 Å². The van der Waals surface area contributed by atoms with Gasteiger partial charge >= 0.3 is 0 Å². The summed E-state index contributed by atoms with van der Waals surface area (Å²) >= 11 is 1.86. The van der Waals surface area contributed by atoms with Gasteiger partial charge < -0.3 is 10.4 Å². The molecule has 1 heterocycles. The van der Waals surface area contributed by atoms with Crippen LogP contribution in [0.3, 0.4) is 0 Å². The quantitative estimate of drug-likeness (QED) is 0.671. The molecule has 0 amide bonds. The lowest BCUT2D eigenvalue weighted by atomic mass is 10.3. The molecule has 1 saturated carbocycles. The molecule has 0 atom stereocenters. The SMILES string of the molecule is C=CCN(CCO)Cc1ccc(CNC2CC2)s1. The van der Waals surface area contributed by atoms with Gasteiger partial charge in [0.25, 0.3) is 0 Å². The van der Waals surface area contributed by atoms with Crippen LogP contribution in [0.2, 0.25) is 0 Å². The standard InChI is InChI=1S/C14H22N2OS/c1-2-7-16(8-9-17)11-14-6-5-13(18-14)10-15-12-3-4-12/h2,5-6,12,15,17H,1,3-4,7-11H2. The molecule has 3 nitrogen and oxygen atoms in total. The number of thiophene rings is 1. The number of hydrogen-bond acceptors (Lipinski definition) is 4. The predicted octanol–water partition coefficient (Wildman–Crippen LogP) is 1.98. The van der Waals surface area contributed by atoms with Gasteiger partial charge in [0.15, 0.2) is 0 Å². The molecular weight excluding hydrogens is 244 g/mol. The summed E-state index contributed by atoms with van der Waals surface area (Å²) in [6.45, 7) is 7.39. The van der Waals surface area contributed by atoms with Crippen molar-refractivity contribution < 1.29 is 5.11 Å². The lowest BCUT2D eigenvalue weighted by Crippen LogP contribution is -2.26. The highest BCUT2D eigenvalue weighted by atomic mass is 32.1. The van der Waals surface area contributed by atoms with Crippen LogP contribution < -0.4 is 5.32 Å². The van der Waals surface area contributed by atoms with Crippen LogP contribution in [-0.2, 0) is 13.1 Å². The molecule has 1 aromatic rings. The number of aliphatic hydroxyl groups excluding tert-OH is 1. The molecule has 100 valence electrons. The average Bonchev–Trinajstić information content (AvgIpc) is 3.08. The number of nitrogens with zero attached hydrogens (tertiary/aromatic N) is 1. The minimum absolute atomic E-state index is 0.204. The Hall–Kier alpha value is -0.680. The van der Waals surface area contributed by atoms with Gasteiger partial charge in [0.2, 0.25) is 0 Å². The van der Waals surface area contributed by atoms with Crippen molar-refractivity contribution in [1.82, 2.24) is 10.2 Å². The third-order valence-corrected chi connectivity index (χ3v) is 4.11. The summed E-state index contributed by atoms with van der Waals surface area (Å²) in [5.74, 6) is 0. The summed E-state index contributed by atoms with van der Waals surface area (Å²) in [4.78, 5) is 4.97. The van der Waals surface area contributed by atoms with Crippen LogP contribution in [0.15, 0.2) is 24.8 Å². The molecule has 0 unspecified atom stereocenters. The Balaban J connectivity index is 1.81. The van der Waals surface area contributed by atoms with Crippen molar-refractivity contribution in [1.29, 1.82) is 0 Å². The van der Waals surface area contributed by atoms with Crippen LogP contribution >= 0.6 is 11.3 Å². The van der Waals surface area contributed by atoms with E-state index in [1.165, 1.54) is 22.6 Å². The fraction of sp³-hybridized carbons (Fsp3) is 0.571. The van der Waals surface area contributed by atoms with Crippen LogP contribution in [0.1, 0.15) is 22.6 Å². The number of rotatable bonds is 9. The summed E-state index contributed by atoms with van der Waals surface area (Å²) < 4.78 is 0. The Morgan fingerprint density at radius 3 is 2.89 bits per heavy atom. The van der Waals surface area contributed by atoms with Crippen molar-refractivity contribution in [3.63, 3.8) is 0 Å². The van der Waals surface area contributed by atoms with E-state index in [0.717, 1.165) is 25.7 Å². The van der Waals surface area contributed by atoms with Crippen molar-refractivity contribution in [2.75, 3.05) is 19.7 Å². The van der Waals surface area contributed by atoms with Gasteiger partial charge in [-0.05, 0) is 25.0 Å². The van der Waals surface area contributed by atoms with E-state index in [9.17, 15) is 0 Å². The molecule has 18 heavy (non-hydrogen) atoms. The molecule has 2 N–H and O–H groups in total. The van der Waals surface area contributed by atoms with E-state index in [1.807, 2.05) is 17.4 Å². The van der Waals surface area contributed by atoms with E-state index >= 15 is 0 Å². The minimum atomic E-state index is 0.204. The molecule has 0 spiro atoms. The van der Waals surface area contributed by atoms with Crippen molar-refractivity contribution in [3.05, 3.63) is 34.5 Å². The molecule has 1 aromatic heterocycles. The lowest BCUT2D eigenvalue weighted by molar-refractivity contribution is 0.204. The average molecular weight is 266 g/mol. The number of nitrogens with one attached hydrogen (secondary N) is 1. The van der Waals surface area contributed by atoms with Crippen LogP contribution in [0, 0.1) is 0 Å². The second-order valence-electron chi connectivity index (χ2n) is 4.77. The molecule has 4 heteroatoms. The highest BCUT2D eigenvalue weighted by Crippen LogP contribution is 2.22. The first-order valence-corrected chi connectivity index (χ1v) is 7.38. The van der Waals surface area contributed by atoms with Crippen molar-refractivity contribution in [3.8, 4) is 0 Å². The Bertz CT molecular complexity index is 374. The topological polar surface area (TPSA) is 35.5 Å². The van der Waals surface area contributed by atoms with Gasteiger partial charge in [0.1, 0.15) is 0 Å². The summed E-state index contributed by atoms with van der Waals surface area (Å²) in [5, 5.41) is 12.5. The second-order valence-corrected chi connectivity index (χ2v) is 6.02. The smallest absolute Gasteiger partial charge is 0.0558 e. The highest BCUT2D eigenvalue weighted by molar-refractivity contribution is 7.11. The highest BCUT2D eigenvalue weighted by Gasteiger charge is 2.20. The third kappa shape index (κ3) is 4.53. The summed E-state index contributed by atoms with van der Waals surface area (Å²) in [6, 6.07) is 5.17. The Kier molecular flexibility index (Phi) is 5.38. The van der Waals surface area contributed by atoms with Gasteiger partial charge in [-0.1, -0.05) is 6.08 Å². The molecule has 0 saturated heterocycles. The van der Waals surface area contributed by atoms with Crippen LogP contribution in [0.25, 0.3) is 0 Å². The second kappa shape index (κ2) is 7.04. The number of hydrogen-bond donors (Lipinski definition) is 2. The van der Waals surface area contributed by atoms with Crippen LogP contribution in [-0.4, -0.2) is 35.7 Å². The maximum absolute atomic E-state index is 9.02. The van der Waals surface area contributed by atoms with Gasteiger partial charge in [-0.2, -0.15) is 0 Å². The van der Waals surface area contributed by atoms with E-state index in [2.05, 4.69) is 28.9 Å². The summed E-state index contributed by atoms with van der Waals surface area (Å²) in [7, 11) is 0. The Morgan fingerprint density at radius 2 is 2.22 bits per heavy atom. The summed E-state index contributed by atoms with van der Waals surface area (Å²) in [6.07, 6.45) is 4.56. The Labute approximate surface area is 113 Å². The lowest BCUT2D eigenvalue weighted by Gasteiger charge is -2.18. The first-order valence-electron chi connectivity index (χ1n) is 6.57. The molecular formula is C14H22N2OS. The molecule has 0 bridgehead atoms. The van der Waals surface area contributed by atoms with Crippen molar-refractivity contribution in [2.24, 2.45) is 0 Å². The zero-order valence-corrected chi connectivity index (χ0v) is 11.6. The molecule has 1 fully saturated rings. The van der Waals surface area contributed by atoms with Gasteiger partial charge in [0.05, 0.1) is 6.61 Å². The van der Waals surface area contributed by atoms with Crippen LogP contribution in [0.5, 0.6) is 0 Å². The molecule has 0 aromatic carbocycles. The monoisotopic (exact) mass is 266 g/mol. The first kappa shape index (κ1) is 13.7. The van der Waals surface area contributed by atoms with Gasteiger partial charge in [-0.25, -0.2) is 0 Å². The maximum atomic E-state index is 9.02. The molecule has 2 rings (SSSR count). The van der Waals surface area contributed by atoms with E-state index in [0.29, 0.717) is 6.54 Å². The normalized spacial score (nSPS) is 15.2. The zero-order valence-electron chi connectivity index (χ0n) is 10.8.